The lowest BCUT2D eigenvalue weighted by Crippen LogP contribution is -2.13. The molecule has 2 heteroatoms. The van der Waals surface area contributed by atoms with E-state index in [1.54, 1.807) is 0 Å². The van der Waals surface area contributed by atoms with Crippen LogP contribution in [0.2, 0.25) is 0 Å². The number of fused-ring (bicyclic) bond motifs is 5. The van der Waals surface area contributed by atoms with Gasteiger partial charge in [-0.2, -0.15) is 0 Å². The van der Waals surface area contributed by atoms with E-state index in [0.717, 1.165) is 34.1 Å². The Bertz CT molecular complexity index is 4450. The molecule has 2 nitrogen and oxygen atoms in total. The summed E-state index contributed by atoms with van der Waals surface area (Å²) in [6, 6.07) is 112. The molecule has 0 aliphatic heterocycles. The van der Waals surface area contributed by atoms with Crippen LogP contribution in [0.4, 0.5) is 34.1 Å². The van der Waals surface area contributed by atoms with Crippen molar-refractivity contribution in [2.45, 2.75) is 27.7 Å². The second kappa shape index (κ2) is 22.1. The van der Waals surface area contributed by atoms with Gasteiger partial charge in [-0.15, -0.1) is 0 Å². The van der Waals surface area contributed by atoms with E-state index in [1.807, 2.05) is 0 Å². The van der Waals surface area contributed by atoms with Gasteiger partial charge in [-0.05, 0) is 200 Å². The van der Waals surface area contributed by atoms with Gasteiger partial charge in [-0.1, -0.05) is 242 Å². The molecule has 0 aromatic heterocycles. The van der Waals surface area contributed by atoms with E-state index >= 15 is 0 Å². The number of anilines is 6. The van der Waals surface area contributed by atoms with Gasteiger partial charge >= 0.3 is 0 Å². The minimum absolute atomic E-state index is 1.09. The Morgan fingerprint density at radius 2 is 0.452 bits per heavy atom. The summed E-state index contributed by atoms with van der Waals surface area (Å²) in [6.07, 6.45) is 0. The first kappa shape index (κ1) is 51.6. The summed E-state index contributed by atoms with van der Waals surface area (Å²) >= 11 is 0. The Hall–Kier alpha value is -10.5. The number of hydrogen-bond donors (Lipinski definition) is 0. The second-order valence-electron chi connectivity index (χ2n) is 22.4. The van der Waals surface area contributed by atoms with Gasteiger partial charge in [0.05, 0.1) is 11.4 Å². The van der Waals surface area contributed by atoms with Crippen molar-refractivity contribution >= 4 is 66.4 Å². The third-order valence-electron chi connectivity index (χ3n) is 16.8. The van der Waals surface area contributed by atoms with Gasteiger partial charge in [-0.3, -0.25) is 0 Å². The molecule has 14 rings (SSSR count). The van der Waals surface area contributed by atoms with Gasteiger partial charge in [0.2, 0.25) is 0 Å². The van der Waals surface area contributed by atoms with Gasteiger partial charge < -0.3 is 9.80 Å². The van der Waals surface area contributed by atoms with Crippen LogP contribution < -0.4 is 9.80 Å². The number of benzene rings is 14. The summed E-state index contributed by atoms with van der Waals surface area (Å²) in [4.78, 5) is 4.96. The van der Waals surface area contributed by atoms with Gasteiger partial charge in [0.15, 0.2) is 0 Å². The Balaban J connectivity index is 0.877. The summed E-state index contributed by atoms with van der Waals surface area (Å²) < 4.78 is 0. The van der Waals surface area contributed by atoms with E-state index in [0.29, 0.717) is 0 Å². The zero-order chi connectivity index (χ0) is 56.7. The standard InChI is InChI=1S/C82H62N2/c1-55-35-45-79(57(3)47-55)83(71-41-37-61(38-42-71)65-25-17-29-69(51-65)67-27-15-23-63(49-67)59-19-7-5-8-20-59)81-53-77-74-32-12-14-34-76(74)82(54-78(77)73-31-11-13-33-75(73)81)84(80-46-36-56(2)48-58(80)4)72-43-39-62(40-44-72)66-26-18-30-70(52-66)68-28-16-24-64(50-68)60-21-9-6-10-22-60/h5-54H,1-4H3. The molecule has 0 saturated heterocycles. The van der Waals surface area contributed by atoms with Crippen molar-refractivity contribution < 1.29 is 0 Å². The van der Waals surface area contributed by atoms with Crippen molar-refractivity contribution in [3.63, 3.8) is 0 Å². The van der Waals surface area contributed by atoms with Crippen LogP contribution in [0.1, 0.15) is 22.3 Å². The number of rotatable bonds is 12. The highest BCUT2D eigenvalue weighted by Gasteiger charge is 2.24. The minimum Gasteiger partial charge on any atom is -0.310 e. The largest absolute Gasteiger partial charge is 0.310 e. The average Bonchev–Trinajstić information content (AvgIpc) is 1.41. The third kappa shape index (κ3) is 9.88. The predicted molar refractivity (Wildman–Crippen MR) is 360 cm³/mol. The zero-order valence-electron chi connectivity index (χ0n) is 47.8. The van der Waals surface area contributed by atoms with E-state index in [4.69, 9.17) is 0 Å². The molecule has 0 amide bonds. The van der Waals surface area contributed by atoms with Crippen LogP contribution >= 0.6 is 0 Å². The Morgan fingerprint density at radius 3 is 0.774 bits per heavy atom. The molecule has 0 aliphatic rings. The molecule has 0 N–H and O–H groups in total. The minimum atomic E-state index is 1.09. The molecule has 0 aliphatic carbocycles. The van der Waals surface area contributed by atoms with Crippen LogP contribution in [0, 0.1) is 27.7 Å². The first-order valence-electron chi connectivity index (χ1n) is 29.1. The molecule has 0 atom stereocenters. The van der Waals surface area contributed by atoms with Crippen LogP contribution in [0.15, 0.2) is 303 Å². The number of hydrogen-bond acceptors (Lipinski definition) is 2. The average molecular weight is 1080 g/mol. The van der Waals surface area contributed by atoms with Gasteiger partial charge in [0.1, 0.15) is 0 Å². The Labute approximate surface area is 493 Å². The maximum Gasteiger partial charge on any atom is 0.0546 e. The van der Waals surface area contributed by atoms with Crippen molar-refractivity contribution in [1.82, 2.24) is 0 Å². The summed E-state index contributed by atoms with van der Waals surface area (Å²) in [5.41, 5.74) is 26.0. The second-order valence-corrected chi connectivity index (χ2v) is 22.4. The fourth-order valence-corrected chi connectivity index (χ4v) is 12.6. The molecule has 14 aromatic carbocycles. The monoisotopic (exact) mass is 1070 g/mol. The molecule has 0 bridgehead atoms. The van der Waals surface area contributed by atoms with E-state index in [1.165, 1.54) is 121 Å². The van der Waals surface area contributed by atoms with E-state index in [-0.39, 0.29) is 0 Å². The van der Waals surface area contributed by atoms with Gasteiger partial charge in [-0.25, -0.2) is 0 Å². The lowest BCUT2D eigenvalue weighted by molar-refractivity contribution is 1.25. The van der Waals surface area contributed by atoms with E-state index < -0.39 is 0 Å². The maximum absolute atomic E-state index is 2.48. The first-order valence-corrected chi connectivity index (χ1v) is 29.1. The van der Waals surface area contributed by atoms with E-state index in [2.05, 4.69) is 341 Å². The smallest absolute Gasteiger partial charge is 0.0546 e. The fourth-order valence-electron chi connectivity index (χ4n) is 12.6. The molecule has 0 radical (unpaired) electrons. The van der Waals surface area contributed by atoms with Crippen LogP contribution in [-0.2, 0) is 0 Å². The zero-order valence-corrected chi connectivity index (χ0v) is 47.8. The molecule has 0 spiro atoms. The Kier molecular flexibility index (Phi) is 13.6. The van der Waals surface area contributed by atoms with Crippen molar-refractivity contribution in [2.24, 2.45) is 0 Å². The highest BCUT2D eigenvalue weighted by atomic mass is 15.2. The van der Waals surface area contributed by atoms with Crippen molar-refractivity contribution in [3.05, 3.63) is 326 Å². The molecule has 0 heterocycles. The van der Waals surface area contributed by atoms with Crippen LogP contribution in [0.25, 0.3) is 99.1 Å². The lowest BCUT2D eigenvalue weighted by Gasteiger charge is -2.31. The third-order valence-corrected chi connectivity index (χ3v) is 16.8. The highest BCUT2D eigenvalue weighted by Crippen LogP contribution is 2.49. The quantitative estimate of drug-likeness (QED) is 0.113. The summed E-state index contributed by atoms with van der Waals surface area (Å²) in [5, 5.41) is 7.15. The van der Waals surface area contributed by atoms with Gasteiger partial charge in [0.25, 0.3) is 0 Å². The maximum atomic E-state index is 2.48. The SMILES string of the molecule is Cc1ccc(N(c2ccc(-c3cccc(-c4cccc(-c5ccccc5)c4)c3)cc2)c2cc3c4ccccc4c(N(c4ccc(-c5cccc(-c6cccc(-c7ccccc7)c6)c5)cc4)c4ccc(C)cc4C)cc3c3ccccc23)c(C)c1. The molecule has 84 heavy (non-hydrogen) atoms. The molecule has 0 fully saturated rings. The van der Waals surface area contributed by atoms with Crippen LogP contribution in [0.5, 0.6) is 0 Å². The molecule has 14 aromatic rings. The van der Waals surface area contributed by atoms with E-state index in [9.17, 15) is 0 Å². The summed E-state index contributed by atoms with van der Waals surface area (Å²) in [5.74, 6) is 0. The normalized spacial score (nSPS) is 11.3. The first-order chi connectivity index (χ1) is 41.3. The Morgan fingerprint density at radius 1 is 0.179 bits per heavy atom. The molecular weight excluding hydrogens is 1010 g/mol. The molecule has 0 unspecified atom stereocenters. The van der Waals surface area contributed by atoms with Crippen LogP contribution in [-0.4, -0.2) is 0 Å². The fraction of sp³-hybridized carbons (Fsp3) is 0.0488. The van der Waals surface area contributed by atoms with Crippen molar-refractivity contribution in [3.8, 4) is 66.8 Å². The van der Waals surface area contributed by atoms with Crippen LogP contribution in [0.3, 0.4) is 0 Å². The van der Waals surface area contributed by atoms with Crippen molar-refractivity contribution in [2.75, 3.05) is 9.80 Å². The topological polar surface area (TPSA) is 6.48 Å². The summed E-state index contributed by atoms with van der Waals surface area (Å²) in [6.45, 7) is 8.84. The predicted octanol–water partition coefficient (Wildman–Crippen LogP) is 23.3. The highest BCUT2D eigenvalue weighted by molar-refractivity contribution is 6.24. The number of aryl methyl sites for hydroxylation is 4. The molecule has 400 valence electrons. The number of nitrogens with zero attached hydrogens (tertiary/aromatic N) is 2. The van der Waals surface area contributed by atoms with Gasteiger partial charge in [0, 0.05) is 33.5 Å². The lowest BCUT2D eigenvalue weighted by atomic mass is 9.92. The molecule has 0 saturated carbocycles. The molecular formula is C82H62N2. The van der Waals surface area contributed by atoms with Crippen molar-refractivity contribution in [1.29, 1.82) is 0 Å². The summed E-state index contributed by atoms with van der Waals surface area (Å²) in [7, 11) is 0.